The van der Waals surface area contributed by atoms with E-state index in [1.807, 2.05) is 12.1 Å². The summed E-state index contributed by atoms with van der Waals surface area (Å²) in [6.07, 6.45) is 3.28. The van der Waals surface area contributed by atoms with E-state index in [2.05, 4.69) is 40.5 Å². The van der Waals surface area contributed by atoms with Gasteiger partial charge in [0.2, 0.25) is 0 Å². The molecule has 0 bridgehead atoms. The summed E-state index contributed by atoms with van der Waals surface area (Å²) in [5.41, 5.74) is 5.87. The number of carbonyl (C=O) groups excluding carboxylic acids is 1. The van der Waals surface area contributed by atoms with Gasteiger partial charge < -0.3 is 10.1 Å². The molecule has 2 aromatic rings. The number of aryl methyl sites for hydroxylation is 1. The van der Waals surface area contributed by atoms with Crippen molar-refractivity contribution < 1.29 is 9.53 Å². The molecule has 4 nitrogen and oxygen atoms in total. The van der Waals surface area contributed by atoms with Gasteiger partial charge in [0.1, 0.15) is 0 Å². The Morgan fingerprint density at radius 3 is 2.58 bits per heavy atom. The van der Waals surface area contributed by atoms with Crippen LogP contribution in [0.2, 0.25) is 0 Å². The van der Waals surface area contributed by atoms with Crippen LogP contribution < -0.4 is 5.32 Å². The van der Waals surface area contributed by atoms with Crippen LogP contribution in [0.15, 0.2) is 42.5 Å². The van der Waals surface area contributed by atoms with Crippen LogP contribution in [0.1, 0.15) is 39.0 Å². The van der Waals surface area contributed by atoms with Gasteiger partial charge in [-0.25, -0.2) is 0 Å². The minimum atomic E-state index is 0.0427. The Hall–Kier alpha value is -2.17. The number of fused-ring (bicyclic) bond motifs is 1. The maximum absolute atomic E-state index is 12.6. The Morgan fingerprint density at radius 1 is 1.00 bits per heavy atom. The first-order chi connectivity index (χ1) is 12.8. The van der Waals surface area contributed by atoms with Crippen molar-refractivity contribution >= 4 is 5.91 Å². The summed E-state index contributed by atoms with van der Waals surface area (Å²) in [5, 5.41) is 3.08. The van der Waals surface area contributed by atoms with Crippen LogP contribution in [0.4, 0.5) is 0 Å². The molecule has 0 radical (unpaired) electrons. The Balaban J connectivity index is 1.33. The lowest BCUT2D eigenvalue weighted by Gasteiger charge is -2.26. The van der Waals surface area contributed by atoms with E-state index in [0.717, 1.165) is 63.2 Å². The molecule has 4 rings (SSSR count). The van der Waals surface area contributed by atoms with Gasteiger partial charge in [-0.2, -0.15) is 0 Å². The topological polar surface area (TPSA) is 41.6 Å². The van der Waals surface area contributed by atoms with Gasteiger partial charge >= 0.3 is 0 Å². The second-order valence-electron chi connectivity index (χ2n) is 7.18. The van der Waals surface area contributed by atoms with E-state index in [9.17, 15) is 4.79 Å². The highest BCUT2D eigenvalue weighted by atomic mass is 16.5. The molecule has 4 heteroatoms. The second kappa shape index (κ2) is 8.02. The van der Waals surface area contributed by atoms with Crippen LogP contribution in [-0.4, -0.2) is 37.1 Å². The summed E-state index contributed by atoms with van der Waals surface area (Å²) in [6.45, 7) is 5.19. The fourth-order valence-electron chi connectivity index (χ4n) is 3.89. The van der Waals surface area contributed by atoms with Gasteiger partial charge in [0.05, 0.1) is 13.2 Å². The Bertz CT molecular complexity index is 764. The Kier molecular flexibility index (Phi) is 5.32. The second-order valence-corrected chi connectivity index (χ2v) is 7.18. The zero-order valence-corrected chi connectivity index (χ0v) is 15.2. The lowest BCUT2D eigenvalue weighted by atomic mass is 10.0. The standard InChI is InChI=1S/C22H26N2O2/c25-22(21-6-2-4-19-3-1-5-20(19)21)23-15-17-7-9-18(10-8-17)16-24-11-13-26-14-12-24/h2,4,6-10H,1,3,5,11-16H2,(H,23,25). The van der Waals surface area contributed by atoms with Gasteiger partial charge in [0.25, 0.3) is 5.91 Å². The molecule has 1 heterocycles. The molecule has 136 valence electrons. The number of nitrogens with zero attached hydrogens (tertiary/aromatic N) is 1. The maximum Gasteiger partial charge on any atom is 0.251 e. The summed E-state index contributed by atoms with van der Waals surface area (Å²) in [7, 11) is 0. The van der Waals surface area contributed by atoms with E-state index in [4.69, 9.17) is 4.74 Å². The normalized spacial score (nSPS) is 17.1. The number of benzene rings is 2. The van der Waals surface area contributed by atoms with E-state index < -0.39 is 0 Å². The van der Waals surface area contributed by atoms with Crippen molar-refractivity contribution in [3.8, 4) is 0 Å². The van der Waals surface area contributed by atoms with Crippen molar-refractivity contribution in [2.45, 2.75) is 32.4 Å². The number of hydrogen-bond donors (Lipinski definition) is 1. The number of ether oxygens (including phenoxy) is 1. The fraction of sp³-hybridized carbons (Fsp3) is 0.409. The Labute approximate surface area is 155 Å². The third-order valence-corrected chi connectivity index (χ3v) is 5.38. The molecule has 1 aliphatic heterocycles. The first-order valence-electron chi connectivity index (χ1n) is 9.56. The van der Waals surface area contributed by atoms with E-state index in [0.29, 0.717) is 6.54 Å². The molecule has 0 unspecified atom stereocenters. The van der Waals surface area contributed by atoms with Crippen LogP contribution in [0.3, 0.4) is 0 Å². The highest BCUT2D eigenvalue weighted by molar-refractivity contribution is 5.96. The van der Waals surface area contributed by atoms with E-state index >= 15 is 0 Å². The third kappa shape index (κ3) is 3.97. The monoisotopic (exact) mass is 350 g/mol. The molecule has 0 spiro atoms. The van der Waals surface area contributed by atoms with Crippen molar-refractivity contribution in [2.24, 2.45) is 0 Å². The van der Waals surface area contributed by atoms with Gasteiger partial charge in [-0.1, -0.05) is 36.4 Å². The molecule has 0 aromatic heterocycles. The molecular weight excluding hydrogens is 324 g/mol. The van der Waals surface area contributed by atoms with Crippen molar-refractivity contribution in [3.63, 3.8) is 0 Å². The molecule has 0 saturated carbocycles. The molecule has 26 heavy (non-hydrogen) atoms. The summed E-state index contributed by atoms with van der Waals surface area (Å²) in [5.74, 6) is 0.0427. The van der Waals surface area contributed by atoms with Crippen LogP contribution >= 0.6 is 0 Å². The number of rotatable bonds is 5. The summed E-state index contributed by atoms with van der Waals surface area (Å²) in [6, 6.07) is 14.7. The Morgan fingerprint density at radius 2 is 1.77 bits per heavy atom. The lowest BCUT2D eigenvalue weighted by molar-refractivity contribution is 0.0342. The molecular formula is C22H26N2O2. The van der Waals surface area contributed by atoms with Gasteiger partial charge in [0.15, 0.2) is 0 Å². The molecule has 0 atom stereocenters. The van der Waals surface area contributed by atoms with Crippen LogP contribution in [0.25, 0.3) is 0 Å². The molecule has 1 aliphatic carbocycles. The molecule has 2 aromatic carbocycles. The molecule has 1 fully saturated rings. The minimum absolute atomic E-state index is 0.0427. The highest BCUT2D eigenvalue weighted by Crippen LogP contribution is 2.25. The number of hydrogen-bond acceptors (Lipinski definition) is 3. The SMILES string of the molecule is O=C(NCc1ccc(CN2CCOCC2)cc1)c1cccc2c1CCC2. The molecule has 1 saturated heterocycles. The van der Waals surface area contributed by atoms with Crippen molar-refractivity contribution in [2.75, 3.05) is 26.3 Å². The number of carbonyl (C=O) groups is 1. The largest absolute Gasteiger partial charge is 0.379 e. The fourth-order valence-corrected chi connectivity index (χ4v) is 3.89. The third-order valence-electron chi connectivity index (χ3n) is 5.38. The number of morpholine rings is 1. The van der Waals surface area contributed by atoms with Gasteiger partial charge in [0, 0.05) is 31.7 Å². The highest BCUT2D eigenvalue weighted by Gasteiger charge is 2.18. The van der Waals surface area contributed by atoms with Crippen LogP contribution in [0.5, 0.6) is 0 Å². The summed E-state index contributed by atoms with van der Waals surface area (Å²) >= 11 is 0. The molecule has 1 N–H and O–H groups in total. The predicted molar refractivity (Wildman–Crippen MR) is 102 cm³/mol. The molecule has 2 aliphatic rings. The van der Waals surface area contributed by atoms with Crippen molar-refractivity contribution in [3.05, 3.63) is 70.3 Å². The molecule has 1 amide bonds. The first kappa shape index (κ1) is 17.3. The van der Waals surface area contributed by atoms with Crippen LogP contribution in [-0.2, 0) is 30.7 Å². The average Bonchev–Trinajstić information content (AvgIpc) is 3.17. The smallest absolute Gasteiger partial charge is 0.251 e. The zero-order valence-electron chi connectivity index (χ0n) is 15.2. The predicted octanol–water partition coefficient (Wildman–Crippen LogP) is 2.94. The van der Waals surface area contributed by atoms with E-state index in [1.54, 1.807) is 0 Å². The minimum Gasteiger partial charge on any atom is -0.379 e. The summed E-state index contributed by atoms with van der Waals surface area (Å²) in [4.78, 5) is 15.0. The van der Waals surface area contributed by atoms with Crippen molar-refractivity contribution in [1.82, 2.24) is 10.2 Å². The number of nitrogens with one attached hydrogen (secondary N) is 1. The quantitative estimate of drug-likeness (QED) is 0.901. The van der Waals surface area contributed by atoms with Crippen molar-refractivity contribution in [1.29, 1.82) is 0 Å². The van der Waals surface area contributed by atoms with Gasteiger partial charge in [-0.3, -0.25) is 9.69 Å². The first-order valence-corrected chi connectivity index (χ1v) is 9.56. The summed E-state index contributed by atoms with van der Waals surface area (Å²) < 4.78 is 5.39. The van der Waals surface area contributed by atoms with Gasteiger partial charge in [-0.05, 0) is 47.6 Å². The maximum atomic E-state index is 12.6. The lowest BCUT2D eigenvalue weighted by Crippen LogP contribution is -2.35. The zero-order chi connectivity index (χ0) is 17.8. The number of amides is 1. The average molecular weight is 350 g/mol. The van der Waals surface area contributed by atoms with E-state index in [-0.39, 0.29) is 5.91 Å². The van der Waals surface area contributed by atoms with Crippen LogP contribution in [0, 0.1) is 0 Å². The van der Waals surface area contributed by atoms with E-state index in [1.165, 1.54) is 16.7 Å². The van der Waals surface area contributed by atoms with Gasteiger partial charge in [-0.15, -0.1) is 0 Å².